The zero-order chi connectivity index (χ0) is 20.0. The van der Waals surface area contributed by atoms with Crippen molar-refractivity contribution in [3.63, 3.8) is 0 Å². The maximum atomic E-state index is 14.6. The molecule has 0 aliphatic carbocycles. The number of rotatable bonds is 8. The fourth-order valence-corrected chi connectivity index (χ4v) is 3.54. The van der Waals surface area contributed by atoms with E-state index in [4.69, 9.17) is 13.8 Å². The second-order valence-corrected chi connectivity index (χ2v) is 8.44. The van der Waals surface area contributed by atoms with E-state index < -0.39 is 30.4 Å². The van der Waals surface area contributed by atoms with Gasteiger partial charge in [-0.05, 0) is 46.3 Å². The first kappa shape index (κ1) is 22.5. The average molecular weight is 390 g/mol. The molecule has 0 heterocycles. The number of halogens is 2. The van der Waals surface area contributed by atoms with Crippen LogP contribution in [0.5, 0.6) is 0 Å². The highest BCUT2D eigenvalue weighted by Gasteiger charge is 2.54. The Bertz CT molecular complexity index is 668. The first-order valence-corrected chi connectivity index (χ1v) is 9.78. The molecular weight excluding hydrogens is 365 g/mol. The third-order valence-electron chi connectivity index (χ3n) is 3.02. The Morgan fingerprint density at radius 1 is 1.08 bits per heavy atom. The van der Waals surface area contributed by atoms with Gasteiger partial charge in [-0.15, -0.1) is 0 Å². The second kappa shape index (κ2) is 8.89. The monoisotopic (exact) mass is 390 g/mol. The van der Waals surface area contributed by atoms with Crippen molar-refractivity contribution in [2.24, 2.45) is 0 Å². The zero-order valence-corrected chi connectivity index (χ0v) is 16.5. The van der Waals surface area contributed by atoms with Gasteiger partial charge in [0.1, 0.15) is 5.60 Å². The van der Waals surface area contributed by atoms with Crippen molar-refractivity contribution in [2.75, 3.05) is 13.2 Å². The third-order valence-corrected chi connectivity index (χ3v) is 5.16. The molecule has 0 aromatic heterocycles. The molecule has 0 aliphatic rings. The highest BCUT2D eigenvalue weighted by molar-refractivity contribution is 7.54. The Hall–Kier alpha value is -1.56. The van der Waals surface area contributed by atoms with Crippen molar-refractivity contribution >= 4 is 19.6 Å². The topological polar surface area (TPSA) is 61.8 Å². The number of ether oxygens (including phenoxy) is 1. The number of hydrogen-bond donors (Lipinski definition) is 0. The van der Waals surface area contributed by atoms with E-state index in [0.717, 1.165) is 12.1 Å². The minimum atomic E-state index is -4.64. The molecule has 0 aliphatic heterocycles. The molecule has 0 saturated carbocycles. The van der Waals surface area contributed by atoms with Crippen molar-refractivity contribution < 1.29 is 31.9 Å². The predicted octanol–water partition coefficient (Wildman–Crippen LogP) is 5.36. The van der Waals surface area contributed by atoms with Crippen LogP contribution in [0.3, 0.4) is 0 Å². The molecular formula is C18H25F2O5P. The van der Waals surface area contributed by atoms with Crippen LogP contribution in [0.1, 0.15) is 45.7 Å². The third kappa shape index (κ3) is 6.01. The van der Waals surface area contributed by atoms with Gasteiger partial charge in [-0.1, -0.05) is 24.3 Å². The maximum absolute atomic E-state index is 14.6. The van der Waals surface area contributed by atoms with Crippen LogP contribution in [0.2, 0.25) is 0 Å². The van der Waals surface area contributed by atoms with Gasteiger partial charge in [0.2, 0.25) is 0 Å². The minimum absolute atomic E-state index is 0.163. The molecule has 0 atom stereocenters. The zero-order valence-electron chi connectivity index (χ0n) is 15.6. The van der Waals surface area contributed by atoms with Crippen LogP contribution >= 0.6 is 7.60 Å². The molecule has 26 heavy (non-hydrogen) atoms. The van der Waals surface area contributed by atoms with Gasteiger partial charge >= 0.3 is 19.2 Å². The number of carbonyl (C=O) groups is 1. The van der Waals surface area contributed by atoms with Crippen molar-refractivity contribution in [3.8, 4) is 0 Å². The average Bonchev–Trinajstić information content (AvgIpc) is 2.52. The molecule has 0 unspecified atom stereocenters. The summed E-state index contributed by atoms with van der Waals surface area (Å²) in [5, 5.41) is 0. The standard InChI is InChI=1S/C18H25F2O5P/c1-6-23-26(22,24-7-2)18(19,20)15-11-8-14(9-12-15)10-13-16(21)25-17(3,4)5/h8-13H,6-7H2,1-5H3/b13-10+. The summed E-state index contributed by atoms with van der Waals surface area (Å²) in [4.78, 5) is 11.6. The van der Waals surface area contributed by atoms with E-state index in [1.165, 1.54) is 38.1 Å². The SMILES string of the molecule is CCOP(=O)(OCC)C(F)(F)c1ccc(/C=C/C(=O)OC(C)(C)C)cc1. The van der Waals surface area contributed by atoms with Gasteiger partial charge < -0.3 is 13.8 Å². The Labute approximate surface area is 152 Å². The maximum Gasteiger partial charge on any atom is 0.404 e. The fraction of sp³-hybridized carbons (Fsp3) is 0.500. The number of hydrogen-bond acceptors (Lipinski definition) is 5. The van der Waals surface area contributed by atoms with Gasteiger partial charge in [-0.2, -0.15) is 8.78 Å². The van der Waals surface area contributed by atoms with Gasteiger partial charge in [0, 0.05) is 11.6 Å². The summed E-state index contributed by atoms with van der Waals surface area (Å²) in [6.07, 6.45) is 2.66. The largest absolute Gasteiger partial charge is 0.457 e. The van der Waals surface area contributed by atoms with Crippen LogP contribution < -0.4 is 0 Å². The molecule has 0 bridgehead atoms. The molecule has 146 valence electrons. The molecule has 0 radical (unpaired) electrons. The summed E-state index contributed by atoms with van der Waals surface area (Å²) in [5.74, 6) is -0.538. The molecule has 1 aromatic carbocycles. The molecule has 8 heteroatoms. The number of esters is 1. The molecule has 1 rings (SSSR count). The van der Waals surface area contributed by atoms with Crippen LogP contribution in [-0.4, -0.2) is 24.8 Å². The lowest BCUT2D eigenvalue weighted by molar-refractivity contribution is -0.148. The van der Waals surface area contributed by atoms with Crippen LogP contribution in [0.15, 0.2) is 30.3 Å². The van der Waals surface area contributed by atoms with Crippen molar-refractivity contribution in [2.45, 2.75) is 45.9 Å². The molecule has 5 nitrogen and oxygen atoms in total. The predicted molar refractivity (Wildman–Crippen MR) is 96.1 cm³/mol. The second-order valence-electron chi connectivity index (χ2n) is 6.36. The summed E-state index contributed by atoms with van der Waals surface area (Å²) < 4.78 is 56.2. The van der Waals surface area contributed by atoms with Crippen molar-refractivity contribution in [1.82, 2.24) is 0 Å². The Balaban J connectivity index is 2.98. The van der Waals surface area contributed by atoms with Gasteiger partial charge in [-0.3, -0.25) is 4.57 Å². The van der Waals surface area contributed by atoms with E-state index >= 15 is 0 Å². The Kier molecular flexibility index (Phi) is 7.69. The van der Waals surface area contributed by atoms with E-state index in [-0.39, 0.29) is 13.2 Å². The van der Waals surface area contributed by atoms with Gasteiger partial charge in [0.05, 0.1) is 13.2 Å². The molecule has 0 amide bonds. The van der Waals surface area contributed by atoms with E-state index in [9.17, 15) is 18.1 Å². The van der Waals surface area contributed by atoms with Crippen LogP contribution in [-0.2, 0) is 28.8 Å². The van der Waals surface area contributed by atoms with Gasteiger partial charge in [0.25, 0.3) is 0 Å². The van der Waals surface area contributed by atoms with E-state index in [2.05, 4.69) is 0 Å². The van der Waals surface area contributed by atoms with Gasteiger partial charge in [0.15, 0.2) is 0 Å². The normalized spacial score (nSPS) is 13.2. The van der Waals surface area contributed by atoms with E-state index in [1.807, 2.05) is 0 Å². The Morgan fingerprint density at radius 2 is 1.58 bits per heavy atom. The summed E-state index contributed by atoms with van der Waals surface area (Å²) in [6, 6.07) is 5.01. The minimum Gasteiger partial charge on any atom is -0.457 e. The number of carbonyl (C=O) groups excluding carboxylic acids is 1. The highest BCUT2D eigenvalue weighted by Crippen LogP contribution is 2.66. The number of alkyl halides is 2. The van der Waals surface area contributed by atoms with E-state index in [1.54, 1.807) is 20.8 Å². The lowest BCUT2D eigenvalue weighted by atomic mass is 10.1. The number of benzene rings is 1. The molecule has 0 spiro atoms. The fourth-order valence-electron chi connectivity index (χ4n) is 1.99. The van der Waals surface area contributed by atoms with Crippen LogP contribution in [0.25, 0.3) is 6.08 Å². The summed E-state index contributed by atoms with van der Waals surface area (Å²) in [5.41, 5.74) is -4.38. The van der Waals surface area contributed by atoms with Gasteiger partial charge in [-0.25, -0.2) is 4.79 Å². The molecule has 0 N–H and O–H groups in total. The first-order chi connectivity index (χ1) is 11.9. The molecule has 0 saturated heterocycles. The Morgan fingerprint density at radius 3 is 2.00 bits per heavy atom. The molecule has 1 aromatic rings. The summed E-state index contributed by atoms with van der Waals surface area (Å²) in [7, 11) is -4.64. The van der Waals surface area contributed by atoms with Crippen molar-refractivity contribution in [1.29, 1.82) is 0 Å². The first-order valence-electron chi connectivity index (χ1n) is 8.24. The van der Waals surface area contributed by atoms with Crippen LogP contribution in [0, 0.1) is 0 Å². The van der Waals surface area contributed by atoms with Crippen molar-refractivity contribution in [3.05, 3.63) is 41.5 Å². The quantitative estimate of drug-likeness (QED) is 0.340. The lowest BCUT2D eigenvalue weighted by Gasteiger charge is -2.26. The summed E-state index contributed by atoms with van der Waals surface area (Å²) >= 11 is 0. The van der Waals surface area contributed by atoms with E-state index in [0.29, 0.717) is 5.56 Å². The van der Waals surface area contributed by atoms with Crippen LogP contribution in [0.4, 0.5) is 8.78 Å². The summed E-state index contributed by atoms with van der Waals surface area (Å²) in [6.45, 7) is 7.83. The smallest absolute Gasteiger partial charge is 0.404 e. The lowest BCUT2D eigenvalue weighted by Crippen LogP contribution is -2.22. The molecule has 0 fully saturated rings. The highest BCUT2D eigenvalue weighted by atomic mass is 31.2.